The number of hydrogen-bond acceptors (Lipinski definition) is 4. The van der Waals surface area contributed by atoms with Crippen LogP contribution in [-0.4, -0.2) is 22.8 Å². The van der Waals surface area contributed by atoms with E-state index >= 15 is 0 Å². The van der Waals surface area contributed by atoms with E-state index in [0.29, 0.717) is 52.2 Å². The number of rotatable bonds is 2. The van der Waals surface area contributed by atoms with Gasteiger partial charge in [0.2, 0.25) is 0 Å². The van der Waals surface area contributed by atoms with Gasteiger partial charge in [-0.15, -0.1) is 0 Å². The highest BCUT2D eigenvalue weighted by molar-refractivity contribution is 6.32. The SMILES string of the molecule is O=c1c2ccc(Cl)cc2ncn1Cc1cc(Cl)c2c(c1)OCCO2. The van der Waals surface area contributed by atoms with E-state index in [1.165, 1.54) is 10.9 Å². The van der Waals surface area contributed by atoms with E-state index in [0.717, 1.165) is 5.56 Å². The number of benzene rings is 2. The summed E-state index contributed by atoms with van der Waals surface area (Å²) in [5.74, 6) is 1.14. The molecule has 0 unspecified atom stereocenters. The van der Waals surface area contributed by atoms with Crippen LogP contribution < -0.4 is 15.0 Å². The average molecular weight is 363 g/mol. The van der Waals surface area contributed by atoms with Gasteiger partial charge in [0.05, 0.1) is 28.8 Å². The summed E-state index contributed by atoms with van der Waals surface area (Å²) in [5.41, 5.74) is 1.27. The van der Waals surface area contributed by atoms with Crippen molar-refractivity contribution in [3.05, 3.63) is 62.6 Å². The first-order valence-electron chi connectivity index (χ1n) is 7.34. The van der Waals surface area contributed by atoms with Crippen molar-refractivity contribution in [2.45, 2.75) is 6.54 Å². The highest BCUT2D eigenvalue weighted by Gasteiger charge is 2.17. The number of fused-ring (bicyclic) bond motifs is 2. The molecular formula is C17H12Cl2N2O3. The van der Waals surface area contributed by atoms with E-state index < -0.39 is 0 Å². The van der Waals surface area contributed by atoms with E-state index in [9.17, 15) is 4.79 Å². The van der Waals surface area contributed by atoms with Crippen molar-refractivity contribution in [3.8, 4) is 11.5 Å². The molecular weight excluding hydrogens is 351 g/mol. The predicted octanol–water partition coefficient (Wildman–Crippen LogP) is 3.52. The first-order chi connectivity index (χ1) is 11.6. The maximum atomic E-state index is 12.6. The van der Waals surface area contributed by atoms with E-state index in [-0.39, 0.29) is 5.56 Å². The van der Waals surface area contributed by atoms with Gasteiger partial charge in [0.1, 0.15) is 13.2 Å². The van der Waals surface area contributed by atoms with Crippen LogP contribution in [0.15, 0.2) is 41.5 Å². The van der Waals surface area contributed by atoms with Crippen molar-refractivity contribution < 1.29 is 9.47 Å². The number of halogens is 2. The molecule has 0 spiro atoms. The van der Waals surface area contributed by atoms with Gasteiger partial charge in [-0.3, -0.25) is 9.36 Å². The van der Waals surface area contributed by atoms with Crippen molar-refractivity contribution in [1.29, 1.82) is 0 Å². The summed E-state index contributed by atoms with van der Waals surface area (Å²) in [6.07, 6.45) is 1.51. The molecule has 4 rings (SSSR count). The fraction of sp³-hybridized carbons (Fsp3) is 0.176. The highest BCUT2D eigenvalue weighted by atomic mass is 35.5. The molecule has 0 atom stereocenters. The number of ether oxygens (including phenoxy) is 2. The molecule has 5 nitrogen and oxygen atoms in total. The van der Waals surface area contributed by atoms with Crippen LogP contribution in [0.2, 0.25) is 10.0 Å². The lowest BCUT2D eigenvalue weighted by Crippen LogP contribution is -2.21. The molecule has 0 radical (unpaired) electrons. The van der Waals surface area contributed by atoms with E-state index in [1.807, 2.05) is 6.07 Å². The van der Waals surface area contributed by atoms with Gasteiger partial charge >= 0.3 is 0 Å². The molecule has 0 saturated carbocycles. The first kappa shape index (κ1) is 15.3. The molecule has 1 aliphatic heterocycles. The van der Waals surface area contributed by atoms with Crippen LogP contribution >= 0.6 is 23.2 Å². The molecule has 1 aromatic heterocycles. The molecule has 0 aliphatic carbocycles. The fourth-order valence-electron chi connectivity index (χ4n) is 2.70. The van der Waals surface area contributed by atoms with Crippen LogP contribution in [0.3, 0.4) is 0 Å². The quantitative estimate of drug-likeness (QED) is 0.699. The van der Waals surface area contributed by atoms with Gasteiger partial charge in [-0.05, 0) is 35.9 Å². The molecule has 122 valence electrons. The molecule has 2 aromatic carbocycles. The maximum absolute atomic E-state index is 12.6. The summed E-state index contributed by atoms with van der Waals surface area (Å²) in [7, 11) is 0. The van der Waals surface area contributed by atoms with Gasteiger partial charge in [0.15, 0.2) is 11.5 Å². The van der Waals surface area contributed by atoms with Crippen molar-refractivity contribution in [1.82, 2.24) is 9.55 Å². The Morgan fingerprint density at radius 2 is 1.96 bits per heavy atom. The Hall–Kier alpha value is -2.24. The van der Waals surface area contributed by atoms with Crippen LogP contribution in [-0.2, 0) is 6.54 Å². The van der Waals surface area contributed by atoms with Crippen LogP contribution in [0.5, 0.6) is 11.5 Å². The maximum Gasteiger partial charge on any atom is 0.261 e. The zero-order valence-electron chi connectivity index (χ0n) is 12.5. The molecule has 1 aliphatic rings. The summed E-state index contributed by atoms with van der Waals surface area (Å²) >= 11 is 12.2. The molecule has 0 N–H and O–H groups in total. The summed E-state index contributed by atoms with van der Waals surface area (Å²) in [6, 6.07) is 8.63. The Kier molecular flexibility index (Phi) is 3.82. The summed E-state index contributed by atoms with van der Waals surface area (Å²) in [5, 5.41) is 1.53. The van der Waals surface area contributed by atoms with Gasteiger partial charge < -0.3 is 9.47 Å². The third kappa shape index (κ3) is 2.70. The van der Waals surface area contributed by atoms with Gasteiger partial charge in [0.25, 0.3) is 5.56 Å². The van der Waals surface area contributed by atoms with Gasteiger partial charge in [-0.2, -0.15) is 0 Å². The topological polar surface area (TPSA) is 53.4 Å². The largest absolute Gasteiger partial charge is 0.486 e. The van der Waals surface area contributed by atoms with Crippen molar-refractivity contribution in [2.75, 3.05) is 13.2 Å². The lowest BCUT2D eigenvalue weighted by atomic mass is 10.2. The molecule has 3 aromatic rings. The Labute approximate surface area is 147 Å². The highest BCUT2D eigenvalue weighted by Crippen LogP contribution is 2.38. The minimum Gasteiger partial charge on any atom is -0.486 e. The summed E-state index contributed by atoms with van der Waals surface area (Å²) < 4.78 is 12.6. The Balaban J connectivity index is 1.74. The normalized spacial score (nSPS) is 13.2. The standard InChI is InChI=1S/C17H12Cl2N2O3/c18-11-1-2-12-14(7-11)20-9-21(17(12)22)8-10-5-13(19)16-15(6-10)23-3-4-24-16/h1-2,5-7,9H,3-4,8H2. The molecule has 7 heteroatoms. The molecule has 0 bridgehead atoms. The molecule has 0 amide bonds. The van der Waals surface area contributed by atoms with Crippen molar-refractivity contribution in [3.63, 3.8) is 0 Å². The fourth-order valence-corrected chi connectivity index (χ4v) is 3.15. The summed E-state index contributed by atoms with van der Waals surface area (Å²) in [4.78, 5) is 16.9. The predicted molar refractivity (Wildman–Crippen MR) is 92.6 cm³/mol. The van der Waals surface area contributed by atoms with Crippen LogP contribution in [0.25, 0.3) is 10.9 Å². The van der Waals surface area contributed by atoms with Gasteiger partial charge in [0, 0.05) is 5.02 Å². The first-order valence-corrected chi connectivity index (χ1v) is 8.10. The Morgan fingerprint density at radius 1 is 1.12 bits per heavy atom. The number of hydrogen-bond donors (Lipinski definition) is 0. The van der Waals surface area contributed by atoms with Crippen LogP contribution in [0.1, 0.15) is 5.56 Å². The Bertz CT molecular complexity index is 1000. The lowest BCUT2D eigenvalue weighted by molar-refractivity contribution is 0.171. The third-order valence-corrected chi connectivity index (χ3v) is 4.31. The van der Waals surface area contributed by atoms with E-state index in [1.54, 1.807) is 24.3 Å². The second-order valence-electron chi connectivity index (χ2n) is 5.44. The van der Waals surface area contributed by atoms with E-state index in [2.05, 4.69) is 4.98 Å². The molecule has 0 fully saturated rings. The number of nitrogens with zero attached hydrogens (tertiary/aromatic N) is 2. The van der Waals surface area contributed by atoms with Crippen molar-refractivity contribution in [2.24, 2.45) is 0 Å². The monoisotopic (exact) mass is 362 g/mol. The molecule has 0 saturated heterocycles. The van der Waals surface area contributed by atoms with Crippen LogP contribution in [0, 0.1) is 0 Å². The number of aromatic nitrogens is 2. The van der Waals surface area contributed by atoms with Crippen LogP contribution in [0.4, 0.5) is 0 Å². The second kappa shape index (κ2) is 6.00. The van der Waals surface area contributed by atoms with Gasteiger partial charge in [-0.1, -0.05) is 23.2 Å². The van der Waals surface area contributed by atoms with Gasteiger partial charge in [-0.25, -0.2) is 4.98 Å². The summed E-state index contributed by atoms with van der Waals surface area (Å²) in [6.45, 7) is 1.29. The molecule has 2 heterocycles. The Morgan fingerprint density at radius 3 is 2.83 bits per heavy atom. The zero-order chi connectivity index (χ0) is 16.7. The third-order valence-electron chi connectivity index (χ3n) is 3.80. The van der Waals surface area contributed by atoms with Crippen molar-refractivity contribution >= 4 is 34.1 Å². The minimum atomic E-state index is -0.136. The smallest absolute Gasteiger partial charge is 0.261 e. The zero-order valence-corrected chi connectivity index (χ0v) is 14.0. The van der Waals surface area contributed by atoms with E-state index in [4.69, 9.17) is 32.7 Å². The average Bonchev–Trinajstić information content (AvgIpc) is 2.57. The lowest BCUT2D eigenvalue weighted by Gasteiger charge is -2.20. The minimum absolute atomic E-state index is 0.136. The second-order valence-corrected chi connectivity index (χ2v) is 6.28. The molecule has 24 heavy (non-hydrogen) atoms.